The molecule has 0 aliphatic carbocycles. The highest BCUT2D eigenvalue weighted by Gasteiger charge is 2.18. The summed E-state index contributed by atoms with van der Waals surface area (Å²) < 4.78 is 0. The second-order valence-electron chi connectivity index (χ2n) is 6.59. The van der Waals surface area contributed by atoms with Crippen molar-refractivity contribution in [1.82, 2.24) is 5.32 Å². The fourth-order valence-corrected chi connectivity index (χ4v) is 2.61. The van der Waals surface area contributed by atoms with Crippen LogP contribution in [0.3, 0.4) is 0 Å². The molecule has 19 heavy (non-hydrogen) atoms. The van der Waals surface area contributed by atoms with Crippen LogP contribution in [-0.2, 0) is 10.2 Å². The van der Waals surface area contributed by atoms with Crippen molar-refractivity contribution in [2.75, 3.05) is 0 Å². The van der Waals surface area contributed by atoms with Gasteiger partial charge in [-0.2, -0.15) is 0 Å². The number of carbonyl (C=O) groups is 1. The molecule has 0 saturated carbocycles. The number of hydrogen-bond acceptors (Lipinski definition) is 1. The Morgan fingerprint density at radius 2 is 1.74 bits per heavy atom. The van der Waals surface area contributed by atoms with Crippen molar-refractivity contribution in [3.8, 4) is 0 Å². The Balaban J connectivity index is 2.13. The van der Waals surface area contributed by atoms with Crippen LogP contribution in [0.4, 0.5) is 0 Å². The maximum Gasteiger partial charge on any atom is 0.220 e. The Morgan fingerprint density at radius 3 is 2.37 bits per heavy atom. The van der Waals surface area contributed by atoms with Crippen molar-refractivity contribution in [3.05, 3.63) is 35.4 Å². The molecular formula is C17H25NO. The molecule has 0 aromatic heterocycles. The maximum absolute atomic E-state index is 11.7. The third kappa shape index (κ3) is 3.82. The summed E-state index contributed by atoms with van der Waals surface area (Å²) in [5, 5.41) is 3.15. The number of benzene rings is 1. The molecule has 1 heterocycles. The lowest BCUT2D eigenvalue weighted by Crippen LogP contribution is -2.29. The van der Waals surface area contributed by atoms with Crippen LogP contribution in [0.1, 0.15) is 70.0 Å². The minimum absolute atomic E-state index is 0.183. The zero-order valence-corrected chi connectivity index (χ0v) is 12.3. The number of amides is 1. The maximum atomic E-state index is 11.7. The molecule has 1 aromatic rings. The molecule has 0 radical (unpaired) electrons. The molecule has 1 amide bonds. The van der Waals surface area contributed by atoms with Crippen LogP contribution < -0.4 is 5.32 Å². The van der Waals surface area contributed by atoms with E-state index in [0.717, 1.165) is 12.8 Å². The van der Waals surface area contributed by atoms with E-state index in [-0.39, 0.29) is 17.4 Å². The van der Waals surface area contributed by atoms with E-state index in [2.05, 4.69) is 50.4 Å². The molecule has 1 unspecified atom stereocenters. The first-order chi connectivity index (χ1) is 8.97. The van der Waals surface area contributed by atoms with Gasteiger partial charge in [0.2, 0.25) is 5.91 Å². The average molecular weight is 259 g/mol. The van der Waals surface area contributed by atoms with Gasteiger partial charge in [-0.15, -0.1) is 0 Å². The van der Waals surface area contributed by atoms with E-state index in [1.54, 1.807) is 0 Å². The van der Waals surface area contributed by atoms with Crippen molar-refractivity contribution < 1.29 is 4.79 Å². The molecule has 1 aromatic carbocycles. The highest BCUT2D eigenvalue weighted by atomic mass is 16.1. The van der Waals surface area contributed by atoms with Gasteiger partial charge in [0.25, 0.3) is 0 Å². The van der Waals surface area contributed by atoms with Crippen LogP contribution in [0.2, 0.25) is 0 Å². The van der Waals surface area contributed by atoms with Crippen molar-refractivity contribution in [2.45, 2.75) is 64.3 Å². The number of rotatable bonds is 1. The van der Waals surface area contributed by atoms with Gasteiger partial charge in [-0.25, -0.2) is 0 Å². The van der Waals surface area contributed by atoms with Gasteiger partial charge in [0.05, 0.1) is 6.04 Å². The Hall–Kier alpha value is -1.31. The van der Waals surface area contributed by atoms with Gasteiger partial charge in [-0.05, 0) is 29.4 Å². The molecule has 1 N–H and O–H groups in total. The van der Waals surface area contributed by atoms with E-state index in [0.29, 0.717) is 6.42 Å². The molecule has 0 spiro atoms. The topological polar surface area (TPSA) is 29.1 Å². The molecular weight excluding hydrogens is 234 g/mol. The standard InChI is InChI=1S/C17H25NO/c1-17(2,3)14-11-9-13(10-12-14)15-7-5-4-6-8-16(19)18-15/h9-12,15H,4-8H2,1-3H3,(H,18,19). The van der Waals surface area contributed by atoms with Gasteiger partial charge < -0.3 is 5.32 Å². The lowest BCUT2D eigenvalue weighted by molar-refractivity contribution is -0.122. The summed E-state index contributed by atoms with van der Waals surface area (Å²) in [6.07, 6.45) is 5.13. The summed E-state index contributed by atoms with van der Waals surface area (Å²) >= 11 is 0. The van der Waals surface area contributed by atoms with Crippen molar-refractivity contribution in [1.29, 1.82) is 0 Å². The van der Waals surface area contributed by atoms with E-state index in [9.17, 15) is 4.79 Å². The monoisotopic (exact) mass is 259 g/mol. The summed E-state index contributed by atoms with van der Waals surface area (Å²) in [7, 11) is 0. The summed E-state index contributed by atoms with van der Waals surface area (Å²) in [4.78, 5) is 11.7. The van der Waals surface area contributed by atoms with Crippen molar-refractivity contribution >= 4 is 5.91 Å². The Bertz CT molecular complexity index is 428. The van der Waals surface area contributed by atoms with Crippen LogP contribution in [-0.4, -0.2) is 5.91 Å². The van der Waals surface area contributed by atoms with E-state index < -0.39 is 0 Å². The highest BCUT2D eigenvalue weighted by molar-refractivity contribution is 5.76. The molecule has 2 rings (SSSR count). The fraction of sp³-hybridized carbons (Fsp3) is 0.588. The van der Waals surface area contributed by atoms with E-state index in [1.165, 1.54) is 24.0 Å². The first kappa shape index (κ1) is 14.1. The molecule has 2 heteroatoms. The number of hydrogen-bond donors (Lipinski definition) is 1. The smallest absolute Gasteiger partial charge is 0.220 e. The van der Waals surface area contributed by atoms with Crippen LogP contribution in [0.5, 0.6) is 0 Å². The van der Waals surface area contributed by atoms with Crippen molar-refractivity contribution in [3.63, 3.8) is 0 Å². The predicted octanol–water partition coefficient (Wildman–Crippen LogP) is 4.11. The third-order valence-corrected chi connectivity index (χ3v) is 3.91. The first-order valence-electron chi connectivity index (χ1n) is 7.36. The van der Waals surface area contributed by atoms with Gasteiger partial charge >= 0.3 is 0 Å². The molecule has 104 valence electrons. The van der Waals surface area contributed by atoms with Gasteiger partial charge in [0, 0.05) is 6.42 Å². The minimum Gasteiger partial charge on any atom is -0.349 e. The second kappa shape index (κ2) is 5.77. The normalized spacial score (nSPS) is 21.4. The second-order valence-corrected chi connectivity index (χ2v) is 6.59. The van der Waals surface area contributed by atoms with Gasteiger partial charge in [0.15, 0.2) is 0 Å². The molecule has 1 atom stereocenters. The minimum atomic E-state index is 0.183. The summed E-state index contributed by atoms with van der Waals surface area (Å²) in [5.41, 5.74) is 2.76. The lowest BCUT2D eigenvalue weighted by atomic mass is 9.86. The Kier molecular flexibility index (Phi) is 4.28. The molecule has 1 aliphatic heterocycles. The first-order valence-corrected chi connectivity index (χ1v) is 7.36. The molecule has 1 saturated heterocycles. The van der Waals surface area contributed by atoms with Gasteiger partial charge in [-0.3, -0.25) is 4.79 Å². The third-order valence-electron chi connectivity index (χ3n) is 3.91. The average Bonchev–Trinajstić information content (AvgIpc) is 2.33. The van der Waals surface area contributed by atoms with Crippen molar-refractivity contribution in [2.24, 2.45) is 0 Å². The number of carbonyl (C=O) groups excluding carboxylic acids is 1. The zero-order valence-electron chi connectivity index (χ0n) is 12.3. The van der Waals surface area contributed by atoms with E-state index >= 15 is 0 Å². The van der Waals surface area contributed by atoms with E-state index in [4.69, 9.17) is 0 Å². The number of nitrogens with one attached hydrogen (secondary N) is 1. The summed E-state index contributed by atoms with van der Waals surface area (Å²) in [6.45, 7) is 6.67. The van der Waals surface area contributed by atoms with Crippen LogP contribution in [0.25, 0.3) is 0 Å². The Morgan fingerprint density at radius 1 is 1.05 bits per heavy atom. The van der Waals surface area contributed by atoms with Crippen LogP contribution >= 0.6 is 0 Å². The molecule has 1 aliphatic rings. The summed E-state index contributed by atoms with van der Waals surface area (Å²) in [5.74, 6) is 0.199. The predicted molar refractivity (Wildman–Crippen MR) is 79.1 cm³/mol. The quantitative estimate of drug-likeness (QED) is 0.808. The molecule has 1 fully saturated rings. The molecule has 0 bridgehead atoms. The van der Waals surface area contributed by atoms with Gasteiger partial charge in [0.1, 0.15) is 0 Å². The van der Waals surface area contributed by atoms with Gasteiger partial charge in [-0.1, -0.05) is 57.9 Å². The largest absolute Gasteiger partial charge is 0.349 e. The fourth-order valence-electron chi connectivity index (χ4n) is 2.61. The molecule has 2 nitrogen and oxygen atoms in total. The summed E-state index contributed by atoms with van der Waals surface area (Å²) in [6, 6.07) is 8.93. The Labute approximate surface area is 116 Å². The lowest BCUT2D eigenvalue weighted by Gasteiger charge is -2.24. The zero-order chi connectivity index (χ0) is 13.9. The SMILES string of the molecule is CC(C)(C)c1ccc(C2CCCCCC(=O)N2)cc1. The van der Waals surface area contributed by atoms with Crippen LogP contribution in [0.15, 0.2) is 24.3 Å². The van der Waals surface area contributed by atoms with Crippen LogP contribution in [0, 0.1) is 0 Å². The highest BCUT2D eigenvalue weighted by Crippen LogP contribution is 2.26. The van der Waals surface area contributed by atoms with E-state index in [1.807, 2.05) is 0 Å².